The molecule has 1 aromatic rings. The summed E-state index contributed by atoms with van der Waals surface area (Å²) in [4.78, 5) is 11.9. The molecule has 100 valence electrons. The Bertz CT molecular complexity index is 390. The Morgan fingerprint density at radius 2 is 2.06 bits per heavy atom. The fourth-order valence-corrected chi connectivity index (χ4v) is 1.92. The van der Waals surface area contributed by atoms with E-state index >= 15 is 0 Å². The summed E-state index contributed by atoms with van der Waals surface area (Å²) in [5.74, 6) is 0.130. The molecule has 1 aromatic carbocycles. The highest BCUT2D eigenvalue weighted by Gasteiger charge is 2.06. The lowest BCUT2D eigenvalue weighted by Gasteiger charge is -2.05. The quantitative estimate of drug-likeness (QED) is 0.570. The molecule has 0 saturated carbocycles. The van der Waals surface area contributed by atoms with Gasteiger partial charge in [-0.15, -0.1) is 0 Å². The standard InChI is InChI=1S/C15H22ClNO/c1-3-4-5-6-9-17-11-15(18)13-7-8-14(16)12(2)10-13/h7-8,10,17H,3-6,9,11H2,1-2H3. The van der Waals surface area contributed by atoms with Crippen LogP contribution in [-0.2, 0) is 0 Å². The lowest BCUT2D eigenvalue weighted by Crippen LogP contribution is -2.24. The molecule has 18 heavy (non-hydrogen) atoms. The van der Waals surface area contributed by atoms with Crippen molar-refractivity contribution in [3.63, 3.8) is 0 Å². The Kier molecular flexibility index (Phi) is 6.99. The van der Waals surface area contributed by atoms with Crippen LogP contribution < -0.4 is 5.32 Å². The molecule has 3 heteroatoms. The Morgan fingerprint density at radius 3 is 2.72 bits per heavy atom. The normalized spacial score (nSPS) is 10.6. The smallest absolute Gasteiger partial charge is 0.176 e. The van der Waals surface area contributed by atoms with Crippen LogP contribution in [0, 0.1) is 6.92 Å². The molecule has 0 spiro atoms. The second-order valence-corrected chi connectivity index (χ2v) is 5.03. The maximum Gasteiger partial charge on any atom is 0.176 e. The van der Waals surface area contributed by atoms with Gasteiger partial charge >= 0.3 is 0 Å². The van der Waals surface area contributed by atoms with Crippen molar-refractivity contribution in [3.8, 4) is 0 Å². The van der Waals surface area contributed by atoms with Gasteiger partial charge < -0.3 is 5.32 Å². The summed E-state index contributed by atoms with van der Waals surface area (Å²) in [6, 6.07) is 5.42. The Balaban J connectivity index is 2.30. The number of hydrogen-bond donors (Lipinski definition) is 1. The Hall–Kier alpha value is -0.860. The summed E-state index contributed by atoms with van der Waals surface area (Å²) in [5, 5.41) is 3.90. The van der Waals surface area contributed by atoms with Gasteiger partial charge in [-0.25, -0.2) is 0 Å². The van der Waals surface area contributed by atoms with Gasteiger partial charge in [0.15, 0.2) is 5.78 Å². The molecule has 0 atom stereocenters. The first-order valence-corrected chi connectivity index (χ1v) is 7.03. The van der Waals surface area contributed by atoms with Crippen molar-refractivity contribution in [2.24, 2.45) is 0 Å². The highest BCUT2D eigenvalue weighted by molar-refractivity contribution is 6.31. The molecule has 0 amide bonds. The van der Waals surface area contributed by atoms with Crippen molar-refractivity contribution in [1.29, 1.82) is 0 Å². The van der Waals surface area contributed by atoms with E-state index in [4.69, 9.17) is 11.6 Å². The molecule has 0 aliphatic rings. The van der Waals surface area contributed by atoms with Crippen LogP contribution in [0.2, 0.25) is 5.02 Å². The fourth-order valence-electron chi connectivity index (χ4n) is 1.80. The van der Waals surface area contributed by atoms with Crippen LogP contribution in [0.25, 0.3) is 0 Å². The van der Waals surface area contributed by atoms with Crippen molar-refractivity contribution < 1.29 is 4.79 Å². The van der Waals surface area contributed by atoms with Gasteiger partial charge in [0.1, 0.15) is 0 Å². The van der Waals surface area contributed by atoms with Gasteiger partial charge in [-0.1, -0.05) is 37.8 Å². The molecule has 0 aliphatic heterocycles. The number of unbranched alkanes of at least 4 members (excludes halogenated alkanes) is 3. The van der Waals surface area contributed by atoms with Crippen LogP contribution in [-0.4, -0.2) is 18.9 Å². The van der Waals surface area contributed by atoms with E-state index in [1.807, 2.05) is 13.0 Å². The molecule has 0 fully saturated rings. The molecule has 0 bridgehead atoms. The second kappa shape index (κ2) is 8.28. The minimum atomic E-state index is 0.130. The van der Waals surface area contributed by atoms with Crippen LogP contribution in [0.5, 0.6) is 0 Å². The first-order valence-electron chi connectivity index (χ1n) is 6.65. The average Bonchev–Trinajstić information content (AvgIpc) is 2.36. The van der Waals surface area contributed by atoms with Gasteiger partial charge in [0.05, 0.1) is 6.54 Å². The molecule has 0 saturated heterocycles. The molecule has 0 heterocycles. The molecule has 0 aromatic heterocycles. The van der Waals surface area contributed by atoms with Crippen molar-refractivity contribution in [2.45, 2.75) is 39.5 Å². The van der Waals surface area contributed by atoms with Crippen molar-refractivity contribution in [3.05, 3.63) is 34.3 Å². The van der Waals surface area contributed by atoms with Gasteiger partial charge in [0, 0.05) is 10.6 Å². The third kappa shape index (κ3) is 5.19. The summed E-state index contributed by atoms with van der Waals surface area (Å²) in [6.07, 6.45) is 4.88. The van der Waals surface area contributed by atoms with E-state index in [1.165, 1.54) is 19.3 Å². The predicted molar refractivity (Wildman–Crippen MR) is 77.5 cm³/mol. The molecular weight excluding hydrogens is 246 g/mol. The minimum Gasteiger partial charge on any atom is -0.310 e. The van der Waals surface area contributed by atoms with Crippen molar-refractivity contribution in [2.75, 3.05) is 13.1 Å². The molecule has 0 aliphatic carbocycles. The summed E-state index contributed by atoms with van der Waals surface area (Å²) < 4.78 is 0. The van der Waals surface area contributed by atoms with E-state index in [0.717, 1.165) is 24.1 Å². The second-order valence-electron chi connectivity index (χ2n) is 4.62. The van der Waals surface area contributed by atoms with Gasteiger partial charge in [0.25, 0.3) is 0 Å². The Labute approximate surface area is 115 Å². The zero-order valence-corrected chi connectivity index (χ0v) is 12.0. The van der Waals surface area contributed by atoms with Gasteiger partial charge in [-0.3, -0.25) is 4.79 Å². The lowest BCUT2D eigenvalue weighted by molar-refractivity contribution is 0.0991. The van der Waals surface area contributed by atoms with Gasteiger partial charge in [-0.05, 0) is 43.7 Å². The SMILES string of the molecule is CCCCCCNCC(=O)c1ccc(Cl)c(C)c1. The third-order valence-electron chi connectivity index (χ3n) is 2.97. The number of benzene rings is 1. The van der Waals surface area contributed by atoms with Gasteiger partial charge in [0.2, 0.25) is 0 Å². The van der Waals surface area contributed by atoms with Crippen molar-refractivity contribution in [1.82, 2.24) is 5.32 Å². The molecule has 0 unspecified atom stereocenters. The molecule has 1 N–H and O–H groups in total. The summed E-state index contributed by atoms with van der Waals surface area (Å²) in [6.45, 7) is 5.43. The zero-order chi connectivity index (χ0) is 13.4. The van der Waals surface area contributed by atoms with E-state index < -0.39 is 0 Å². The van der Waals surface area contributed by atoms with E-state index in [2.05, 4.69) is 12.2 Å². The van der Waals surface area contributed by atoms with Crippen LogP contribution >= 0.6 is 11.6 Å². The van der Waals surface area contributed by atoms with Crippen molar-refractivity contribution >= 4 is 17.4 Å². The van der Waals surface area contributed by atoms with Crippen LogP contribution in [0.4, 0.5) is 0 Å². The highest BCUT2D eigenvalue weighted by Crippen LogP contribution is 2.16. The average molecular weight is 268 g/mol. The number of carbonyl (C=O) groups is 1. The highest BCUT2D eigenvalue weighted by atomic mass is 35.5. The number of rotatable bonds is 8. The lowest BCUT2D eigenvalue weighted by atomic mass is 10.1. The molecule has 1 rings (SSSR count). The zero-order valence-electron chi connectivity index (χ0n) is 11.3. The fraction of sp³-hybridized carbons (Fsp3) is 0.533. The summed E-state index contributed by atoms with van der Waals surface area (Å²) in [7, 11) is 0. The van der Waals surface area contributed by atoms with Gasteiger partial charge in [-0.2, -0.15) is 0 Å². The largest absolute Gasteiger partial charge is 0.310 e. The summed E-state index contributed by atoms with van der Waals surface area (Å²) in [5.41, 5.74) is 1.68. The van der Waals surface area contributed by atoms with Crippen LogP contribution in [0.3, 0.4) is 0 Å². The predicted octanol–water partition coefficient (Wildman–Crippen LogP) is 4.00. The number of aryl methyl sites for hydroxylation is 1. The molecule has 0 radical (unpaired) electrons. The number of halogens is 1. The number of Topliss-reactive ketones (excluding diaryl/α,β-unsaturated/α-hetero) is 1. The molecule has 2 nitrogen and oxygen atoms in total. The number of carbonyl (C=O) groups excluding carboxylic acids is 1. The molecular formula is C15H22ClNO. The monoisotopic (exact) mass is 267 g/mol. The van der Waals surface area contributed by atoms with E-state index in [0.29, 0.717) is 11.6 Å². The van der Waals surface area contributed by atoms with Crippen LogP contribution in [0.15, 0.2) is 18.2 Å². The maximum atomic E-state index is 11.9. The summed E-state index contributed by atoms with van der Waals surface area (Å²) >= 11 is 5.93. The number of nitrogens with one attached hydrogen (secondary N) is 1. The maximum absolute atomic E-state index is 11.9. The van der Waals surface area contributed by atoms with E-state index in [-0.39, 0.29) is 5.78 Å². The Morgan fingerprint density at radius 1 is 1.28 bits per heavy atom. The van der Waals surface area contributed by atoms with E-state index in [9.17, 15) is 4.79 Å². The first-order chi connectivity index (χ1) is 8.65. The number of hydrogen-bond acceptors (Lipinski definition) is 2. The first kappa shape index (κ1) is 15.2. The van der Waals surface area contributed by atoms with Crippen LogP contribution in [0.1, 0.15) is 48.5 Å². The third-order valence-corrected chi connectivity index (χ3v) is 3.40. The van der Waals surface area contributed by atoms with E-state index in [1.54, 1.807) is 12.1 Å². The number of ketones is 1. The minimum absolute atomic E-state index is 0.130. The topological polar surface area (TPSA) is 29.1 Å².